The number of aromatic nitrogens is 1. The van der Waals surface area contributed by atoms with E-state index in [2.05, 4.69) is 9.72 Å². The minimum Gasteiger partial charge on any atom is -0.768 e. The fourth-order valence-electron chi connectivity index (χ4n) is 1.13. The quantitative estimate of drug-likeness (QED) is 0.386. The molecule has 1 heterocycles. The van der Waals surface area contributed by atoms with Crippen LogP contribution in [0.5, 0.6) is 0 Å². The minimum atomic E-state index is -4.87. The average Bonchev–Trinajstić information content (AvgIpc) is 2.27. The summed E-state index contributed by atoms with van der Waals surface area (Å²) >= 11 is -2.78. The molecule has 1 unspecified atom stereocenters. The summed E-state index contributed by atoms with van der Waals surface area (Å²) in [5, 5.41) is 0. The molecule has 0 saturated heterocycles. The summed E-state index contributed by atoms with van der Waals surface area (Å²) < 4.78 is 63.3. The van der Waals surface area contributed by atoms with Crippen molar-refractivity contribution >= 4 is 17.0 Å². The van der Waals surface area contributed by atoms with Crippen molar-refractivity contribution in [2.75, 3.05) is 6.61 Å². The fraction of sp³-hybridized carbons (Fsp3) is 0.333. The Morgan fingerprint density at radius 2 is 2.11 bits per heavy atom. The maximum atomic E-state index is 12.6. The van der Waals surface area contributed by atoms with Crippen LogP contribution in [0.2, 0.25) is 0 Å². The van der Waals surface area contributed by atoms with Crippen LogP contribution in [0.1, 0.15) is 23.0 Å². The van der Waals surface area contributed by atoms with Gasteiger partial charge in [-0.05, 0) is 24.1 Å². The van der Waals surface area contributed by atoms with Crippen LogP contribution in [0.25, 0.3) is 0 Å². The Kier molecular flexibility index (Phi) is 7.16. The van der Waals surface area contributed by atoms with E-state index < -0.39 is 39.4 Å². The molecular formula is C9H7F3NNaO4S. The zero-order chi connectivity index (χ0) is 13.9. The van der Waals surface area contributed by atoms with Gasteiger partial charge in [0.15, 0.2) is 5.69 Å². The van der Waals surface area contributed by atoms with Crippen LogP contribution >= 0.6 is 0 Å². The molecule has 0 spiro atoms. The number of carbonyl (C=O) groups excluding carboxylic acids is 1. The molecule has 0 amide bonds. The number of alkyl halides is 3. The largest absolute Gasteiger partial charge is 1.00 e. The third kappa shape index (κ3) is 4.84. The van der Waals surface area contributed by atoms with E-state index in [0.717, 1.165) is 0 Å². The zero-order valence-electron chi connectivity index (χ0n) is 9.98. The molecule has 0 aliphatic carbocycles. The molecule has 0 radical (unpaired) electrons. The Bertz CT molecular complexity index is 495. The first-order chi connectivity index (χ1) is 8.27. The topological polar surface area (TPSA) is 79.3 Å². The van der Waals surface area contributed by atoms with E-state index in [4.69, 9.17) is 0 Å². The number of pyridine rings is 1. The minimum absolute atomic E-state index is 0. The molecule has 0 aliphatic heterocycles. The molecule has 1 atom stereocenters. The van der Waals surface area contributed by atoms with Gasteiger partial charge in [0.2, 0.25) is 0 Å². The van der Waals surface area contributed by atoms with Gasteiger partial charge in [-0.1, -0.05) is 0 Å². The summed E-state index contributed by atoms with van der Waals surface area (Å²) in [5.41, 5.74) is -2.40. The second kappa shape index (κ2) is 7.34. The van der Waals surface area contributed by atoms with Crippen molar-refractivity contribution in [1.29, 1.82) is 0 Å². The fourth-order valence-corrected chi connectivity index (χ4v) is 1.48. The number of hydrogen-bond acceptors (Lipinski definition) is 5. The molecular weight excluding hydrogens is 298 g/mol. The van der Waals surface area contributed by atoms with E-state index in [1.165, 1.54) is 6.92 Å². The smallest absolute Gasteiger partial charge is 0.768 e. The van der Waals surface area contributed by atoms with Gasteiger partial charge in [-0.2, -0.15) is 13.2 Å². The van der Waals surface area contributed by atoms with Gasteiger partial charge in [0.05, 0.1) is 12.2 Å². The predicted molar refractivity (Wildman–Crippen MR) is 52.4 cm³/mol. The van der Waals surface area contributed by atoms with E-state index in [1.54, 1.807) is 0 Å². The van der Waals surface area contributed by atoms with Crippen molar-refractivity contribution in [2.45, 2.75) is 18.0 Å². The van der Waals surface area contributed by atoms with E-state index >= 15 is 0 Å². The van der Waals surface area contributed by atoms with Crippen molar-refractivity contribution in [3.05, 3.63) is 23.5 Å². The van der Waals surface area contributed by atoms with E-state index in [0.29, 0.717) is 12.3 Å². The first kappa shape index (κ1) is 18.5. The van der Waals surface area contributed by atoms with Gasteiger partial charge in [-0.15, -0.1) is 0 Å². The number of rotatable bonds is 3. The zero-order valence-corrected chi connectivity index (χ0v) is 12.8. The Morgan fingerprint density at radius 1 is 1.53 bits per heavy atom. The third-order valence-corrected chi connectivity index (χ3v) is 2.43. The summed E-state index contributed by atoms with van der Waals surface area (Å²) in [7, 11) is 0. The van der Waals surface area contributed by atoms with Crippen LogP contribution in [0, 0.1) is 0 Å². The molecule has 0 bridgehead atoms. The van der Waals surface area contributed by atoms with Gasteiger partial charge in [0.25, 0.3) is 0 Å². The SMILES string of the molecule is CCOC(=O)c1cc(S(=O)[O-])cnc1C(F)(F)F.[Na+]. The first-order valence-electron chi connectivity index (χ1n) is 4.61. The number of ether oxygens (including phenoxy) is 1. The number of hydrogen-bond donors (Lipinski definition) is 0. The second-order valence-corrected chi connectivity index (χ2v) is 3.96. The molecule has 0 saturated carbocycles. The summed E-state index contributed by atoms with van der Waals surface area (Å²) in [5.74, 6) is -1.27. The van der Waals surface area contributed by atoms with Gasteiger partial charge < -0.3 is 9.29 Å². The van der Waals surface area contributed by atoms with Crippen molar-refractivity contribution in [3.8, 4) is 0 Å². The van der Waals surface area contributed by atoms with Crippen molar-refractivity contribution in [3.63, 3.8) is 0 Å². The van der Waals surface area contributed by atoms with Gasteiger partial charge in [-0.3, -0.25) is 4.21 Å². The standard InChI is InChI=1S/C9H8F3NO4S.Na/c1-2-17-8(14)6-3-5(18(15)16)4-13-7(6)9(10,11)12;/h3-4H,2H2,1H3,(H,15,16);/q;+1/p-1. The van der Waals surface area contributed by atoms with E-state index in [9.17, 15) is 26.7 Å². The number of carbonyl (C=O) groups is 1. The molecule has 0 fully saturated rings. The molecule has 0 aromatic carbocycles. The maximum Gasteiger partial charge on any atom is 1.00 e. The molecule has 0 N–H and O–H groups in total. The maximum absolute atomic E-state index is 12.6. The number of halogens is 3. The molecule has 5 nitrogen and oxygen atoms in total. The van der Waals surface area contributed by atoms with Crippen LogP contribution in [-0.4, -0.2) is 26.3 Å². The normalized spacial score (nSPS) is 12.5. The van der Waals surface area contributed by atoms with Crippen LogP contribution in [0.3, 0.4) is 0 Å². The van der Waals surface area contributed by atoms with E-state index in [1.807, 2.05) is 0 Å². The van der Waals surface area contributed by atoms with Crippen molar-refractivity contribution < 1.29 is 61.0 Å². The predicted octanol–water partition coefficient (Wildman–Crippen LogP) is -1.48. The Balaban J connectivity index is 0.00000324. The van der Waals surface area contributed by atoms with Crippen LogP contribution in [-0.2, 0) is 22.0 Å². The molecule has 100 valence electrons. The van der Waals surface area contributed by atoms with Crippen LogP contribution in [0.4, 0.5) is 13.2 Å². The number of nitrogens with zero attached hydrogens (tertiary/aromatic N) is 1. The third-order valence-electron chi connectivity index (χ3n) is 1.82. The molecule has 10 heteroatoms. The Hall–Kier alpha value is -0.480. The van der Waals surface area contributed by atoms with Crippen molar-refractivity contribution in [2.24, 2.45) is 0 Å². The number of esters is 1. The second-order valence-electron chi connectivity index (χ2n) is 3.02. The first-order valence-corrected chi connectivity index (χ1v) is 5.68. The molecule has 1 aromatic heterocycles. The van der Waals surface area contributed by atoms with Gasteiger partial charge in [-0.25, -0.2) is 9.78 Å². The van der Waals surface area contributed by atoms with Gasteiger partial charge >= 0.3 is 41.7 Å². The van der Waals surface area contributed by atoms with Crippen LogP contribution < -0.4 is 29.6 Å². The summed E-state index contributed by atoms with van der Waals surface area (Å²) in [6.45, 7) is 1.27. The van der Waals surface area contributed by atoms with Gasteiger partial charge in [0, 0.05) is 11.1 Å². The molecule has 0 aliphatic rings. The van der Waals surface area contributed by atoms with Gasteiger partial charge in [0.1, 0.15) is 0 Å². The Labute approximate surface area is 131 Å². The Morgan fingerprint density at radius 3 is 2.53 bits per heavy atom. The van der Waals surface area contributed by atoms with E-state index in [-0.39, 0.29) is 36.2 Å². The molecule has 1 rings (SSSR count). The molecule has 1 aromatic rings. The van der Waals surface area contributed by atoms with Crippen molar-refractivity contribution in [1.82, 2.24) is 4.98 Å². The summed E-state index contributed by atoms with van der Waals surface area (Å²) in [4.78, 5) is 13.8. The average molecular weight is 305 g/mol. The molecule has 19 heavy (non-hydrogen) atoms. The summed E-state index contributed by atoms with van der Waals surface area (Å²) in [6.07, 6.45) is -4.35. The monoisotopic (exact) mass is 305 g/mol. The summed E-state index contributed by atoms with van der Waals surface area (Å²) in [6, 6.07) is 0.580. The van der Waals surface area contributed by atoms with Crippen LogP contribution in [0.15, 0.2) is 17.2 Å².